The molecule has 0 fully saturated rings. The lowest BCUT2D eigenvalue weighted by atomic mass is 9.94. The van der Waals surface area contributed by atoms with Crippen LogP contribution >= 0.6 is 0 Å². The number of rotatable bonds is 6. The second kappa shape index (κ2) is 8.19. The fraction of sp³-hybridized carbons (Fsp3) is 0.417. The molecule has 30 heavy (non-hydrogen) atoms. The van der Waals surface area contributed by atoms with Gasteiger partial charge in [0.25, 0.3) is 0 Å². The van der Waals surface area contributed by atoms with E-state index in [4.69, 9.17) is 9.97 Å². The van der Waals surface area contributed by atoms with Crippen LogP contribution in [0.5, 0.6) is 0 Å². The molecule has 1 aliphatic rings. The van der Waals surface area contributed by atoms with Gasteiger partial charge in [0.15, 0.2) is 0 Å². The maximum atomic E-state index is 15.1. The minimum Gasteiger partial charge on any atom is -0.368 e. The van der Waals surface area contributed by atoms with Gasteiger partial charge in [-0.1, -0.05) is 19.9 Å². The molecule has 3 heterocycles. The van der Waals surface area contributed by atoms with Crippen molar-refractivity contribution in [3.8, 4) is 11.3 Å². The summed E-state index contributed by atoms with van der Waals surface area (Å²) in [5, 5.41) is 3.36. The highest BCUT2D eigenvalue weighted by molar-refractivity contribution is 5.92. The first kappa shape index (κ1) is 20.5. The van der Waals surface area contributed by atoms with E-state index in [2.05, 4.69) is 48.7 Å². The lowest BCUT2D eigenvalue weighted by Crippen LogP contribution is -2.29. The van der Waals surface area contributed by atoms with Crippen molar-refractivity contribution in [2.45, 2.75) is 39.7 Å². The second-order valence-electron chi connectivity index (χ2n) is 8.76. The van der Waals surface area contributed by atoms with Gasteiger partial charge >= 0.3 is 0 Å². The van der Waals surface area contributed by atoms with Gasteiger partial charge in [0.05, 0.1) is 22.5 Å². The number of fused-ring (bicyclic) bond motifs is 2. The van der Waals surface area contributed by atoms with Crippen molar-refractivity contribution < 1.29 is 4.39 Å². The van der Waals surface area contributed by atoms with E-state index in [0.29, 0.717) is 34.3 Å². The molecule has 2 N–H and O–H groups in total. The highest BCUT2D eigenvalue weighted by Crippen LogP contribution is 2.36. The van der Waals surface area contributed by atoms with Gasteiger partial charge in [-0.25, -0.2) is 14.4 Å². The number of aromatic amines is 1. The first-order valence-electron chi connectivity index (χ1n) is 10.6. The Bertz CT molecular complexity index is 1080. The number of allylic oxidation sites excluding steroid dienone is 1. The molecular formula is C24H30FN5. The van der Waals surface area contributed by atoms with Crippen molar-refractivity contribution >= 4 is 16.9 Å². The van der Waals surface area contributed by atoms with Crippen LogP contribution in [0.4, 0.5) is 10.2 Å². The average molecular weight is 408 g/mol. The van der Waals surface area contributed by atoms with Crippen LogP contribution in [-0.4, -0.2) is 40.0 Å². The molecule has 4 rings (SSSR count). The lowest BCUT2D eigenvalue weighted by molar-refractivity contribution is 0.279. The van der Waals surface area contributed by atoms with Gasteiger partial charge in [-0.15, -0.1) is 6.58 Å². The topological polar surface area (TPSA) is 56.8 Å². The van der Waals surface area contributed by atoms with Gasteiger partial charge in [-0.05, 0) is 50.1 Å². The lowest BCUT2D eigenvalue weighted by Gasteiger charge is -2.29. The predicted molar refractivity (Wildman–Crippen MR) is 121 cm³/mol. The predicted octanol–water partition coefficient (Wildman–Crippen LogP) is 5.25. The van der Waals surface area contributed by atoms with E-state index < -0.39 is 0 Å². The first-order valence-corrected chi connectivity index (χ1v) is 10.6. The van der Waals surface area contributed by atoms with Crippen LogP contribution in [0.15, 0.2) is 30.9 Å². The van der Waals surface area contributed by atoms with Crippen LogP contribution in [0, 0.1) is 18.7 Å². The number of hydrogen-bond donors (Lipinski definition) is 2. The number of likely N-dealkylation sites (N-methyl/N-ethyl adjacent to an activating group) is 1. The summed E-state index contributed by atoms with van der Waals surface area (Å²) in [5.41, 5.74) is 5.74. The summed E-state index contributed by atoms with van der Waals surface area (Å²) in [6.45, 7) is 12.7. The molecule has 0 radical (unpaired) electrons. The minimum atomic E-state index is -0.289. The van der Waals surface area contributed by atoms with Crippen LogP contribution in [-0.2, 0) is 6.54 Å². The number of halogens is 1. The normalized spacial score (nSPS) is 16.8. The van der Waals surface area contributed by atoms with Gasteiger partial charge in [0.2, 0.25) is 0 Å². The molecule has 1 aliphatic heterocycles. The van der Waals surface area contributed by atoms with Crippen LogP contribution in [0.3, 0.4) is 0 Å². The third-order valence-corrected chi connectivity index (χ3v) is 5.67. The van der Waals surface area contributed by atoms with Gasteiger partial charge in [-0.2, -0.15) is 0 Å². The Labute approximate surface area is 177 Å². The van der Waals surface area contributed by atoms with Gasteiger partial charge in [0, 0.05) is 31.2 Å². The van der Waals surface area contributed by atoms with E-state index in [0.717, 1.165) is 37.4 Å². The highest BCUT2D eigenvalue weighted by Gasteiger charge is 2.26. The first-order chi connectivity index (χ1) is 14.4. The Morgan fingerprint density at radius 2 is 2.17 bits per heavy atom. The number of hydrogen-bond acceptors (Lipinski definition) is 4. The summed E-state index contributed by atoms with van der Waals surface area (Å²) in [6, 6.07) is 5.26. The Hall–Kier alpha value is -2.73. The fourth-order valence-electron chi connectivity index (χ4n) is 4.27. The fourth-order valence-corrected chi connectivity index (χ4v) is 4.27. The number of benzene rings is 1. The Morgan fingerprint density at radius 1 is 1.37 bits per heavy atom. The molecule has 158 valence electrons. The van der Waals surface area contributed by atoms with E-state index in [1.807, 2.05) is 13.0 Å². The summed E-state index contributed by atoms with van der Waals surface area (Å²) in [7, 11) is 2.12. The van der Waals surface area contributed by atoms with Gasteiger partial charge < -0.3 is 15.2 Å². The number of nitrogens with zero attached hydrogens (tertiary/aromatic N) is 3. The van der Waals surface area contributed by atoms with Crippen molar-refractivity contribution in [3.05, 3.63) is 53.6 Å². The van der Waals surface area contributed by atoms with Gasteiger partial charge in [-0.3, -0.25) is 0 Å². The third-order valence-electron chi connectivity index (χ3n) is 5.67. The zero-order chi connectivity index (χ0) is 21.4. The van der Waals surface area contributed by atoms with E-state index >= 15 is 4.39 Å². The molecular weight excluding hydrogens is 377 g/mol. The summed E-state index contributed by atoms with van der Waals surface area (Å²) >= 11 is 0. The van der Waals surface area contributed by atoms with E-state index in [-0.39, 0.29) is 5.82 Å². The molecule has 0 aliphatic carbocycles. The Morgan fingerprint density at radius 3 is 2.90 bits per heavy atom. The van der Waals surface area contributed by atoms with Crippen molar-refractivity contribution in [2.75, 3.05) is 25.5 Å². The van der Waals surface area contributed by atoms with Crippen molar-refractivity contribution in [1.82, 2.24) is 19.9 Å². The molecule has 5 nitrogen and oxygen atoms in total. The molecule has 0 saturated heterocycles. The monoisotopic (exact) mass is 407 g/mol. The van der Waals surface area contributed by atoms with Crippen molar-refractivity contribution in [3.63, 3.8) is 0 Å². The zero-order valence-corrected chi connectivity index (χ0v) is 18.2. The van der Waals surface area contributed by atoms with Crippen molar-refractivity contribution in [1.29, 1.82) is 0 Å². The molecule has 0 spiro atoms. The largest absolute Gasteiger partial charge is 0.368 e. The summed E-state index contributed by atoms with van der Waals surface area (Å²) < 4.78 is 15.1. The number of aromatic nitrogens is 3. The average Bonchev–Trinajstić information content (AvgIpc) is 3.10. The highest BCUT2D eigenvalue weighted by atomic mass is 19.1. The maximum absolute atomic E-state index is 15.1. The van der Waals surface area contributed by atoms with Crippen LogP contribution < -0.4 is 5.32 Å². The number of anilines is 1. The van der Waals surface area contributed by atoms with E-state index in [9.17, 15) is 0 Å². The molecule has 1 unspecified atom stereocenters. The molecule has 0 bridgehead atoms. The van der Waals surface area contributed by atoms with Crippen LogP contribution in [0.2, 0.25) is 0 Å². The molecule has 6 heteroatoms. The summed E-state index contributed by atoms with van der Waals surface area (Å²) in [4.78, 5) is 15.3. The van der Waals surface area contributed by atoms with Gasteiger partial charge in [0.1, 0.15) is 17.2 Å². The molecule has 0 amide bonds. The maximum Gasteiger partial charge on any atom is 0.148 e. The van der Waals surface area contributed by atoms with E-state index in [1.165, 1.54) is 17.3 Å². The smallest absolute Gasteiger partial charge is 0.148 e. The number of aryl methyl sites for hydroxylation is 1. The van der Waals surface area contributed by atoms with E-state index in [1.54, 1.807) is 6.07 Å². The standard InChI is InChI=1S/C24H30FN5/c1-6-7-16-12-30(5)13-17-10-20(28-22(16)17)21-18(25)8-9-19-23(21)29-24(15(4)27-19)26-11-14(2)3/h6,8-10,14,16,28H,1,7,11-13H2,2-5H3,(H,26,29). The Balaban J connectivity index is 1.84. The Kier molecular flexibility index (Phi) is 5.60. The SMILES string of the molecule is C=CCC1CN(C)Cc2cc(-c3c(F)ccc4nc(C)c(NCC(C)C)nc34)[nH]c21. The zero-order valence-electron chi connectivity index (χ0n) is 18.2. The molecule has 1 aromatic carbocycles. The molecule has 1 atom stereocenters. The molecule has 3 aromatic rings. The third kappa shape index (κ3) is 3.84. The quantitative estimate of drug-likeness (QED) is 0.548. The minimum absolute atomic E-state index is 0.289. The van der Waals surface area contributed by atoms with Crippen molar-refractivity contribution in [2.24, 2.45) is 5.92 Å². The van der Waals surface area contributed by atoms with Crippen LogP contribution in [0.25, 0.3) is 22.3 Å². The van der Waals surface area contributed by atoms with Crippen LogP contribution in [0.1, 0.15) is 43.1 Å². The number of H-pyrrole nitrogens is 1. The molecule has 0 saturated carbocycles. The summed E-state index contributed by atoms with van der Waals surface area (Å²) in [5.74, 6) is 1.23. The second-order valence-corrected chi connectivity index (χ2v) is 8.76. The summed E-state index contributed by atoms with van der Waals surface area (Å²) in [6.07, 6.45) is 2.84. The molecule has 2 aromatic heterocycles. The number of nitrogens with one attached hydrogen (secondary N) is 2.